The van der Waals surface area contributed by atoms with Gasteiger partial charge in [0.25, 0.3) is 0 Å². The van der Waals surface area contributed by atoms with Gasteiger partial charge in [-0.1, -0.05) is 43.4 Å². The van der Waals surface area contributed by atoms with Gasteiger partial charge in [-0.3, -0.25) is 0 Å². The van der Waals surface area contributed by atoms with Crippen LogP contribution in [0.2, 0.25) is 0 Å². The van der Waals surface area contributed by atoms with E-state index in [9.17, 15) is 4.39 Å². The smallest absolute Gasteiger partial charge is 0.146 e. The van der Waals surface area contributed by atoms with Gasteiger partial charge < -0.3 is 10.6 Å². The molecule has 0 spiro atoms. The van der Waals surface area contributed by atoms with Gasteiger partial charge in [0.1, 0.15) is 5.82 Å². The molecule has 1 aromatic rings. The van der Waals surface area contributed by atoms with E-state index in [-0.39, 0.29) is 11.9 Å². The summed E-state index contributed by atoms with van der Waals surface area (Å²) in [7, 11) is 1.75. The van der Waals surface area contributed by atoms with E-state index in [0.29, 0.717) is 5.69 Å². The maximum atomic E-state index is 13.8. The molecule has 0 heterocycles. The summed E-state index contributed by atoms with van der Waals surface area (Å²) >= 11 is 0. The predicted octanol–water partition coefficient (Wildman–Crippen LogP) is 5.38. The average molecular weight is 328 g/mol. The summed E-state index contributed by atoms with van der Waals surface area (Å²) in [4.78, 5) is 0. The minimum absolute atomic E-state index is 0.0783. The molecule has 24 heavy (non-hydrogen) atoms. The lowest BCUT2D eigenvalue weighted by molar-refractivity contribution is 0.570. The van der Waals surface area contributed by atoms with Crippen molar-refractivity contribution in [2.24, 2.45) is 5.92 Å². The van der Waals surface area contributed by atoms with E-state index in [4.69, 9.17) is 0 Å². The molecule has 130 valence electrons. The Hall–Kier alpha value is -1.87. The monoisotopic (exact) mass is 328 g/mol. The Labute approximate surface area is 145 Å². The van der Waals surface area contributed by atoms with Gasteiger partial charge in [-0.15, -0.1) is 0 Å². The third kappa shape index (κ3) is 5.34. The molecule has 1 fully saturated rings. The molecule has 0 aromatic heterocycles. The van der Waals surface area contributed by atoms with E-state index in [1.165, 1.54) is 18.4 Å². The first-order chi connectivity index (χ1) is 11.7. The number of halogens is 1. The molecule has 2 rings (SSSR count). The number of allylic oxidation sites excluding steroid dienone is 4. The second kappa shape index (κ2) is 9.43. The average Bonchev–Trinajstić information content (AvgIpc) is 3.42. The van der Waals surface area contributed by atoms with Crippen LogP contribution in [0.1, 0.15) is 44.7 Å². The van der Waals surface area contributed by atoms with Crippen LogP contribution in [0.4, 0.5) is 10.1 Å². The molecule has 2 nitrogen and oxygen atoms in total. The van der Waals surface area contributed by atoms with Gasteiger partial charge in [0.15, 0.2) is 0 Å². The SMILES string of the molecule is C\C=C(/C=C\C=C\CC)C(NCC1CC1)c1ccc(F)c(NC)c1. The van der Waals surface area contributed by atoms with Crippen LogP contribution in [-0.4, -0.2) is 13.6 Å². The Kier molecular flexibility index (Phi) is 7.26. The first-order valence-electron chi connectivity index (χ1n) is 8.89. The van der Waals surface area contributed by atoms with Crippen LogP contribution in [0.25, 0.3) is 0 Å². The van der Waals surface area contributed by atoms with Crippen molar-refractivity contribution in [2.75, 3.05) is 18.9 Å². The maximum Gasteiger partial charge on any atom is 0.146 e. The highest BCUT2D eigenvalue weighted by molar-refractivity contribution is 5.49. The van der Waals surface area contributed by atoms with Crippen LogP contribution >= 0.6 is 0 Å². The van der Waals surface area contributed by atoms with Crippen LogP contribution in [0, 0.1) is 11.7 Å². The van der Waals surface area contributed by atoms with Gasteiger partial charge in [-0.25, -0.2) is 4.39 Å². The largest absolute Gasteiger partial charge is 0.386 e. The van der Waals surface area contributed by atoms with Crippen LogP contribution < -0.4 is 10.6 Å². The third-order valence-corrected chi connectivity index (χ3v) is 4.34. The Morgan fingerprint density at radius 1 is 1.33 bits per heavy atom. The molecular weight excluding hydrogens is 299 g/mol. The topological polar surface area (TPSA) is 24.1 Å². The highest BCUT2D eigenvalue weighted by atomic mass is 19.1. The van der Waals surface area contributed by atoms with Crippen molar-refractivity contribution in [3.05, 3.63) is 65.5 Å². The zero-order chi connectivity index (χ0) is 17.4. The van der Waals surface area contributed by atoms with Crippen molar-refractivity contribution in [3.8, 4) is 0 Å². The second-order valence-corrected chi connectivity index (χ2v) is 6.26. The summed E-state index contributed by atoms with van der Waals surface area (Å²) in [5.41, 5.74) is 2.82. The Morgan fingerprint density at radius 2 is 2.12 bits per heavy atom. The van der Waals surface area contributed by atoms with Crippen molar-refractivity contribution >= 4 is 5.69 Å². The van der Waals surface area contributed by atoms with Gasteiger partial charge in [-0.05, 0) is 61.9 Å². The van der Waals surface area contributed by atoms with Crippen LogP contribution in [0.15, 0.2) is 54.2 Å². The lowest BCUT2D eigenvalue weighted by Gasteiger charge is -2.21. The number of rotatable bonds is 9. The lowest BCUT2D eigenvalue weighted by atomic mass is 9.97. The molecular formula is C21H29FN2. The summed E-state index contributed by atoms with van der Waals surface area (Å²) in [6, 6.07) is 5.40. The quantitative estimate of drug-likeness (QED) is 0.595. The first-order valence-corrected chi connectivity index (χ1v) is 8.89. The Balaban J connectivity index is 2.24. The lowest BCUT2D eigenvalue weighted by Crippen LogP contribution is -2.25. The highest BCUT2D eigenvalue weighted by Gasteiger charge is 2.24. The van der Waals surface area contributed by atoms with Gasteiger partial charge in [-0.2, -0.15) is 0 Å². The van der Waals surface area contributed by atoms with Crippen molar-refractivity contribution in [2.45, 2.75) is 39.2 Å². The Morgan fingerprint density at radius 3 is 2.75 bits per heavy atom. The number of benzene rings is 1. The minimum Gasteiger partial charge on any atom is -0.386 e. The van der Waals surface area contributed by atoms with Crippen molar-refractivity contribution in [3.63, 3.8) is 0 Å². The number of hydrogen-bond acceptors (Lipinski definition) is 2. The summed E-state index contributed by atoms with van der Waals surface area (Å²) in [6.45, 7) is 5.18. The summed E-state index contributed by atoms with van der Waals surface area (Å²) in [5.74, 6) is 0.574. The van der Waals surface area contributed by atoms with Gasteiger partial charge in [0.05, 0.1) is 11.7 Å². The first kappa shape index (κ1) is 18.5. The van der Waals surface area contributed by atoms with E-state index >= 15 is 0 Å². The number of hydrogen-bond donors (Lipinski definition) is 2. The second-order valence-electron chi connectivity index (χ2n) is 6.26. The van der Waals surface area contributed by atoms with E-state index in [1.807, 2.05) is 12.1 Å². The maximum absolute atomic E-state index is 13.8. The molecule has 0 saturated heterocycles. The van der Waals surface area contributed by atoms with Crippen LogP contribution in [-0.2, 0) is 0 Å². The molecule has 1 saturated carbocycles. The molecule has 1 unspecified atom stereocenters. The fraction of sp³-hybridized carbons (Fsp3) is 0.429. The number of nitrogens with one attached hydrogen (secondary N) is 2. The van der Waals surface area contributed by atoms with Crippen molar-refractivity contribution in [1.82, 2.24) is 5.32 Å². The molecule has 1 aliphatic carbocycles. The third-order valence-electron chi connectivity index (χ3n) is 4.34. The Bertz CT molecular complexity index is 612. The summed E-state index contributed by atoms with van der Waals surface area (Å²) < 4.78 is 13.8. The zero-order valence-electron chi connectivity index (χ0n) is 15.0. The van der Waals surface area contributed by atoms with E-state index in [2.05, 4.69) is 54.9 Å². The zero-order valence-corrected chi connectivity index (χ0v) is 15.0. The molecule has 0 radical (unpaired) electrons. The molecule has 1 aliphatic rings. The molecule has 1 aromatic carbocycles. The van der Waals surface area contributed by atoms with Crippen molar-refractivity contribution in [1.29, 1.82) is 0 Å². The molecule has 1 atom stereocenters. The molecule has 2 N–H and O–H groups in total. The summed E-state index contributed by atoms with van der Waals surface area (Å²) in [5, 5.41) is 6.60. The minimum atomic E-state index is -0.217. The molecule has 0 amide bonds. The molecule has 0 aliphatic heterocycles. The standard InChI is InChI=1S/C21H29FN2/c1-4-6-7-8-9-17(5-2)21(24-15-16-10-11-16)18-12-13-19(22)20(14-18)23-3/h5-9,12-14,16,21,23-24H,4,10-11,15H2,1-3H3/b7-6+,9-8-,17-5+. The number of anilines is 1. The van der Waals surface area contributed by atoms with Gasteiger partial charge >= 0.3 is 0 Å². The summed E-state index contributed by atoms with van der Waals surface area (Å²) in [6.07, 6.45) is 14.2. The highest BCUT2D eigenvalue weighted by Crippen LogP contribution is 2.31. The van der Waals surface area contributed by atoms with Crippen LogP contribution in [0.3, 0.4) is 0 Å². The molecule has 3 heteroatoms. The van der Waals surface area contributed by atoms with Crippen LogP contribution in [0.5, 0.6) is 0 Å². The van der Waals surface area contributed by atoms with Gasteiger partial charge in [0, 0.05) is 7.05 Å². The normalized spacial score (nSPS) is 16.9. The van der Waals surface area contributed by atoms with E-state index < -0.39 is 0 Å². The fourth-order valence-electron chi connectivity index (χ4n) is 2.69. The van der Waals surface area contributed by atoms with E-state index in [0.717, 1.165) is 24.4 Å². The van der Waals surface area contributed by atoms with Gasteiger partial charge in [0.2, 0.25) is 0 Å². The fourth-order valence-corrected chi connectivity index (χ4v) is 2.69. The molecule has 0 bridgehead atoms. The van der Waals surface area contributed by atoms with E-state index in [1.54, 1.807) is 13.1 Å². The predicted molar refractivity (Wildman–Crippen MR) is 102 cm³/mol. The van der Waals surface area contributed by atoms with Crippen molar-refractivity contribution < 1.29 is 4.39 Å².